The van der Waals surface area contributed by atoms with Gasteiger partial charge in [-0.15, -0.1) is 0 Å². The zero-order valence-corrected chi connectivity index (χ0v) is 11.3. The highest BCUT2D eigenvalue weighted by atomic mass is 16.3. The van der Waals surface area contributed by atoms with E-state index in [0.717, 1.165) is 42.5 Å². The van der Waals surface area contributed by atoms with Gasteiger partial charge in [0.15, 0.2) is 0 Å². The second kappa shape index (κ2) is 4.62. The molecule has 0 bridgehead atoms. The largest absolute Gasteiger partial charge is 0.389 e. The van der Waals surface area contributed by atoms with Crippen LogP contribution in [-0.4, -0.2) is 26.3 Å². The number of imidazole rings is 1. The number of nitrogens with two attached hydrogens (primary N) is 1. The molecule has 0 saturated heterocycles. The zero-order chi connectivity index (χ0) is 13.5. The van der Waals surface area contributed by atoms with E-state index >= 15 is 0 Å². The molecule has 1 fully saturated rings. The maximum absolute atomic E-state index is 10.7. The molecule has 1 saturated carbocycles. The van der Waals surface area contributed by atoms with Crippen molar-refractivity contribution in [2.75, 3.05) is 0 Å². The molecule has 0 atom stereocenters. The number of rotatable bonds is 2. The number of aryl methyl sites for hydroxylation is 1. The van der Waals surface area contributed by atoms with E-state index in [1.54, 1.807) is 0 Å². The average molecular weight is 259 g/mol. The normalized spacial score (nSPS) is 27.8. The van der Waals surface area contributed by atoms with Crippen LogP contribution < -0.4 is 5.73 Å². The van der Waals surface area contributed by atoms with Crippen LogP contribution in [0.3, 0.4) is 0 Å². The van der Waals surface area contributed by atoms with Gasteiger partial charge in [0.1, 0.15) is 5.82 Å². The summed E-state index contributed by atoms with van der Waals surface area (Å²) in [7, 11) is 2.02. The molecule has 0 aliphatic heterocycles. The topological polar surface area (TPSA) is 64.1 Å². The summed E-state index contributed by atoms with van der Waals surface area (Å²) in [4.78, 5) is 4.64. The number of para-hydroxylation sites is 2. The lowest BCUT2D eigenvalue weighted by Crippen LogP contribution is -2.41. The van der Waals surface area contributed by atoms with Gasteiger partial charge < -0.3 is 15.4 Å². The number of benzene rings is 1. The number of aliphatic hydroxyl groups is 1. The van der Waals surface area contributed by atoms with Crippen LogP contribution in [0.1, 0.15) is 31.5 Å². The quantitative estimate of drug-likeness (QED) is 0.863. The maximum Gasteiger partial charge on any atom is 0.112 e. The Bertz CT molecular complexity index is 582. The molecular weight excluding hydrogens is 238 g/mol. The molecule has 1 aliphatic rings. The minimum absolute atomic E-state index is 0.251. The first kappa shape index (κ1) is 12.6. The molecular formula is C15H21N3O. The van der Waals surface area contributed by atoms with E-state index in [2.05, 4.69) is 15.6 Å². The summed E-state index contributed by atoms with van der Waals surface area (Å²) in [5.41, 5.74) is 7.39. The van der Waals surface area contributed by atoms with E-state index < -0.39 is 5.60 Å². The van der Waals surface area contributed by atoms with Gasteiger partial charge >= 0.3 is 0 Å². The van der Waals surface area contributed by atoms with Gasteiger partial charge in [0.25, 0.3) is 0 Å². The Hall–Kier alpha value is -1.39. The lowest BCUT2D eigenvalue weighted by atomic mass is 9.80. The van der Waals surface area contributed by atoms with Crippen molar-refractivity contribution in [3.05, 3.63) is 30.1 Å². The van der Waals surface area contributed by atoms with Crippen molar-refractivity contribution >= 4 is 11.0 Å². The summed E-state index contributed by atoms with van der Waals surface area (Å²) in [6.45, 7) is 0. The molecule has 0 amide bonds. The molecule has 1 heterocycles. The standard InChI is InChI=1S/C15H21N3O/c1-18-13-5-3-2-4-12(13)17-14(18)10-15(19)8-6-11(16)7-9-15/h2-5,11,19H,6-10,16H2,1H3. The third-order valence-electron chi connectivity index (χ3n) is 4.33. The maximum atomic E-state index is 10.7. The third-order valence-corrected chi connectivity index (χ3v) is 4.33. The minimum Gasteiger partial charge on any atom is -0.389 e. The lowest BCUT2D eigenvalue weighted by molar-refractivity contribution is -0.00187. The second-order valence-corrected chi connectivity index (χ2v) is 5.81. The van der Waals surface area contributed by atoms with Gasteiger partial charge in [-0.1, -0.05) is 12.1 Å². The number of aromatic nitrogens is 2. The van der Waals surface area contributed by atoms with E-state index in [0.29, 0.717) is 6.42 Å². The monoisotopic (exact) mass is 259 g/mol. The van der Waals surface area contributed by atoms with E-state index in [-0.39, 0.29) is 6.04 Å². The molecule has 4 nitrogen and oxygen atoms in total. The van der Waals surface area contributed by atoms with Crippen molar-refractivity contribution in [1.29, 1.82) is 0 Å². The fourth-order valence-corrected chi connectivity index (χ4v) is 3.00. The van der Waals surface area contributed by atoms with Crippen molar-refractivity contribution in [3.63, 3.8) is 0 Å². The second-order valence-electron chi connectivity index (χ2n) is 5.81. The Morgan fingerprint density at radius 3 is 2.74 bits per heavy atom. The van der Waals surface area contributed by atoms with Crippen molar-refractivity contribution in [3.8, 4) is 0 Å². The predicted octanol–water partition coefficient (Wildman–Crippen LogP) is 1.75. The summed E-state index contributed by atoms with van der Waals surface area (Å²) in [5.74, 6) is 0.958. The van der Waals surface area contributed by atoms with Crippen LogP contribution in [0.5, 0.6) is 0 Å². The van der Waals surface area contributed by atoms with Crippen molar-refractivity contribution in [2.24, 2.45) is 12.8 Å². The van der Waals surface area contributed by atoms with Gasteiger partial charge in [-0.25, -0.2) is 4.98 Å². The van der Waals surface area contributed by atoms with Gasteiger partial charge in [-0.3, -0.25) is 0 Å². The molecule has 0 radical (unpaired) electrons. The highest BCUT2D eigenvalue weighted by Gasteiger charge is 2.33. The highest BCUT2D eigenvalue weighted by Crippen LogP contribution is 2.31. The van der Waals surface area contributed by atoms with Crippen LogP contribution in [-0.2, 0) is 13.5 Å². The van der Waals surface area contributed by atoms with Crippen molar-refractivity contribution in [2.45, 2.75) is 43.7 Å². The molecule has 1 aromatic heterocycles. The molecule has 4 heteroatoms. The summed E-state index contributed by atoms with van der Waals surface area (Å²) < 4.78 is 2.09. The van der Waals surface area contributed by atoms with Crippen LogP contribution in [0.4, 0.5) is 0 Å². The Kier molecular flexibility index (Phi) is 3.07. The zero-order valence-electron chi connectivity index (χ0n) is 11.3. The van der Waals surface area contributed by atoms with Crippen LogP contribution >= 0.6 is 0 Å². The van der Waals surface area contributed by atoms with Gasteiger partial charge in [-0.05, 0) is 37.8 Å². The molecule has 2 aromatic rings. The van der Waals surface area contributed by atoms with Gasteiger partial charge in [-0.2, -0.15) is 0 Å². The molecule has 19 heavy (non-hydrogen) atoms. The number of nitrogens with zero attached hydrogens (tertiary/aromatic N) is 2. The predicted molar refractivity (Wildman–Crippen MR) is 75.8 cm³/mol. The third kappa shape index (κ3) is 2.38. The first-order valence-electron chi connectivity index (χ1n) is 6.96. The lowest BCUT2D eigenvalue weighted by Gasteiger charge is -2.34. The van der Waals surface area contributed by atoms with E-state index in [1.165, 1.54) is 0 Å². The molecule has 0 spiro atoms. The minimum atomic E-state index is -0.634. The first-order chi connectivity index (χ1) is 9.07. The molecule has 1 aliphatic carbocycles. The first-order valence-corrected chi connectivity index (χ1v) is 6.96. The Morgan fingerprint density at radius 1 is 1.37 bits per heavy atom. The van der Waals surface area contributed by atoms with Gasteiger partial charge in [0, 0.05) is 19.5 Å². The Labute approximate surface area is 113 Å². The van der Waals surface area contributed by atoms with Gasteiger partial charge in [0.2, 0.25) is 0 Å². The Balaban J connectivity index is 1.87. The van der Waals surface area contributed by atoms with Crippen molar-refractivity contribution in [1.82, 2.24) is 9.55 Å². The van der Waals surface area contributed by atoms with Crippen molar-refractivity contribution < 1.29 is 5.11 Å². The fourth-order valence-electron chi connectivity index (χ4n) is 3.00. The summed E-state index contributed by atoms with van der Waals surface area (Å²) in [5, 5.41) is 10.7. The smallest absolute Gasteiger partial charge is 0.112 e. The highest BCUT2D eigenvalue weighted by molar-refractivity contribution is 5.75. The van der Waals surface area contributed by atoms with Crippen LogP contribution in [0, 0.1) is 0 Å². The summed E-state index contributed by atoms with van der Waals surface area (Å²) in [6.07, 6.45) is 3.97. The molecule has 1 aromatic carbocycles. The molecule has 0 unspecified atom stereocenters. The van der Waals surface area contributed by atoms with E-state index in [1.807, 2.05) is 25.2 Å². The fraction of sp³-hybridized carbons (Fsp3) is 0.533. The molecule has 102 valence electrons. The van der Waals surface area contributed by atoms with E-state index in [9.17, 15) is 5.11 Å². The van der Waals surface area contributed by atoms with Gasteiger partial charge in [0.05, 0.1) is 16.6 Å². The summed E-state index contributed by atoms with van der Waals surface area (Å²) in [6, 6.07) is 8.34. The Morgan fingerprint density at radius 2 is 2.05 bits per heavy atom. The number of hydrogen-bond donors (Lipinski definition) is 2. The van der Waals surface area contributed by atoms with Crippen LogP contribution in [0.25, 0.3) is 11.0 Å². The van der Waals surface area contributed by atoms with Crippen LogP contribution in [0.2, 0.25) is 0 Å². The number of fused-ring (bicyclic) bond motifs is 1. The summed E-state index contributed by atoms with van der Waals surface area (Å²) >= 11 is 0. The number of hydrogen-bond acceptors (Lipinski definition) is 3. The van der Waals surface area contributed by atoms with E-state index in [4.69, 9.17) is 5.73 Å². The molecule has 3 N–H and O–H groups in total. The SMILES string of the molecule is Cn1c(CC2(O)CCC(N)CC2)nc2ccccc21. The average Bonchev–Trinajstić information content (AvgIpc) is 2.71. The van der Waals surface area contributed by atoms with Crippen LogP contribution in [0.15, 0.2) is 24.3 Å². The molecule has 3 rings (SSSR count).